The Labute approximate surface area is 163 Å². The van der Waals surface area contributed by atoms with E-state index < -0.39 is 0 Å². The lowest BCUT2D eigenvalue weighted by Crippen LogP contribution is -2.20. The number of anilines is 1. The Kier molecular flexibility index (Phi) is 4.94. The third-order valence-electron chi connectivity index (χ3n) is 4.95. The van der Waals surface area contributed by atoms with Gasteiger partial charge in [-0.05, 0) is 53.4 Å². The second-order valence-corrected chi connectivity index (χ2v) is 6.94. The second-order valence-electron chi connectivity index (χ2n) is 6.94. The number of aryl methyl sites for hydroxylation is 1. The van der Waals surface area contributed by atoms with Crippen LogP contribution in [0.15, 0.2) is 71.1 Å². The Morgan fingerprint density at radius 3 is 2.57 bits per heavy atom. The second kappa shape index (κ2) is 7.69. The van der Waals surface area contributed by atoms with Crippen LogP contribution in [0.4, 0.5) is 5.69 Å². The number of rotatable bonds is 5. The van der Waals surface area contributed by atoms with Gasteiger partial charge in [-0.25, -0.2) is 0 Å². The first-order chi connectivity index (χ1) is 13.7. The van der Waals surface area contributed by atoms with E-state index in [0.717, 1.165) is 35.4 Å². The molecule has 0 aliphatic heterocycles. The van der Waals surface area contributed by atoms with Crippen molar-refractivity contribution in [2.24, 2.45) is 0 Å². The van der Waals surface area contributed by atoms with Gasteiger partial charge in [-0.2, -0.15) is 0 Å². The fourth-order valence-corrected chi connectivity index (χ4v) is 3.39. The summed E-state index contributed by atoms with van der Waals surface area (Å²) in [5.74, 6) is -0.343. The molecule has 0 bridgehead atoms. The van der Waals surface area contributed by atoms with Crippen LogP contribution in [0.1, 0.15) is 35.7 Å². The molecule has 4 rings (SSSR count). The molecule has 0 fully saturated rings. The summed E-state index contributed by atoms with van der Waals surface area (Å²) in [4.78, 5) is 12.8. The summed E-state index contributed by atoms with van der Waals surface area (Å²) in [5.41, 5.74) is 2.65. The third kappa shape index (κ3) is 3.54. The van der Waals surface area contributed by atoms with E-state index >= 15 is 0 Å². The summed E-state index contributed by atoms with van der Waals surface area (Å²) >= 11 is 0. The van der Waals surface area contributed by atoms with Crippen LogP contribution in [0.2, 0.25) is 0 Å². The van der Waals surface area contributed by atoms with Crippen LogP contribution < -0.4 is 10.9 Å². The van der Waals surface area contributed by atoms with Gasteiger partial charge < -0.3 is 9.73 Å². The lowest BCUT2D eigenvalue weighted by atomic mass is 10.0. The maximum absolute atomic E-state index is 12.8. The lowest BCUT2D eigenvalue weighted by molar-refractivity contribution is 0.102. The first-order valence-corrected chi connectivity index (χ1v) is 9.56. The van der Waals surface area contributed by atoms with Gasteiger partial charge in [0.25, 0.3) is 5.91 Å². The Bertz CT molecular complexity index is 1210. The molecule has 0 aliphatic carbocycles. The van der Waals surface area contributed by atoms with Gasteiger partial charge in [0.2, 0.25) is 5.55 Å². The first-order valence-electron chi connectivity index (χ1n) is 9.56. The highest BCUT2D eigenvalue weighted by Crippen LogP contribution is 2.25. The molecule has 0 atom stereocenters. The van der Waals surface area contributed by atoms with Gasteiger partial charge in [0, 0.05) is 11.1 Å². The molecule has 0 spiro atoms. The highest BCUT2D eigenvalue weighted by molar-refractivity contribution is 6.10. The Hall–Kier alpha value is -3.40. The van der Waals surface area contributed by atoms with Crippen LogP contribution in [0.5, 0.6) is 0 Å². The van der Waals surface area contributed by atoms with Gasteiger partial charge >= 0.3 is 0 Å². The number of benzene rings is 3. The molecule has 4 heteroatoms. The average molecular weight is 370 g/mol. The van der Waals surface area contributed by atoms with Crippen LogP contribution >= 0.6 is 0 Å². The van der Waals surface area contributed by atoms with Crippen LogP contribution in [-0.4, -0.2) is 5.91 Å². The van der Waals surface area contributed by atoms with Gasteiger partial charge in [0.15, 0.2) is 0 Å². The summed E-state index contributed by atoms with van der Waals surface area (Å²) in [6.07, 6.45) is 3.35. The molecule has 1 aromatic heterocycles. The molecule has 1 heterocycles. The number of unbranched alkanes of at least 4 members (excludes halogenated alkanes) is 1. The summed E-state index contributed by atoms with van der Waals surface area (Å²) in [6.45, 7) is 2.17. The molecule has 3 aromatic carbocycles. The summed E-state index contributed by atoms with van der Waals surface area (Å²) in [7, 11) is 0. The monoisotopic (exact) mass is 370 g/mol. The number of carbonyl (C=O) groups excluding carboxylic acids is 1. The van der Waals surface area contributed by atoms with Crippen molar-refractivity contribution in [3.05, 3.63) is 83.4 Å². The normalized spacial score (nSPS) is 11.0. The molecule has 0 saturated carbocycles. The summed E-state index contributed by atoms with van der Waals surface area (Å²) < 4.78 is 5.63. The van der Waals surface area contributed by atoms with E-state index in [0.29, 0.717) is 11.3 Å². The van der Waals surface area contributed by atoms with Crippen LogP contribution in [0, 0.1) is 5.41 Å². The SMILES string of the molecule is CCCCc1ccc(NC(=O)c2cc3c(ccc4ccccc43)oc2=N)cc1. The fraction of sp³-hybridized carbons (Fsp3) is 0.167. The van der Waals surface area contributed by atoms with Crippen molar-refractivity contribution in [2.45, 2.75) is 26.2 Å². The highest BCUT2D eigenvalue weighted by atomic mass is 16.3. The predicted octanol–water partition coefficient (Wildman–Crippen LogP) is 5.66. The fourth-order valence-electron chi connectivity index (χ4n) is 3.39. The molecule has 4 nitrogen and oxygen atoms in total. The van der Waals surface area contributed by atoms with Crippen LogP contribution in [0.25, 0.3) is 21.7 Å². The van der Waals surface area contributed by atoms with Crippen molar-refractivity contribution in [1.29, 1.82) is 5.41 Å². The topological polar surface area (TPSA) is 66.1 Å². The number of hydrogen-bond acceptors (Lipinski definition) is 3. The maximum Gasteiger partial charge on any atom is 0.261 e. The minimum absolute atomic E-state index is 0.139. The van der Waals surface area contributed by atoms with Gasteiger partial charge in [-0.3, -0.25) is 10.2 Å². The molecule has 0 aliphatic rings. The molecule has 0 unspecified atom stereocenters. The Morgan fingerprint density at radius 2 is 1.79 bits per heavy atom. The summed E-state index contributed by atoms with van der Waals surface area (Å²) in [5, 5.41) is 13.9. The van der Waals surface area contributed by atoms with E-state index in [9.17, 15) is 4.79 Å². The number of amides is 1. The molecule has 2 N–H and O–H groups in total. The molecule has 28 heavy (non-hydrogen) atoms. The van der Waals surface area contributed by atoms with Crippen molar-refractivity contribution in [1.82, 2.24) is 0 Å². The zero-order chi connectivity index (χ0) is 19.5. The molecule has 0 saturated heterocycles. The number of fused-ring (bicyclic) bond motifs is 3. The van der Waals surface area contributed by atoms with E-state index in [-0.39, 0.29) is 17.0 Å². The molecular formula is C24H22N2O2. The minimum Gasteiger partial charge on any atom is -0.438 e. The molecule has 1 amide bonds. The third-order valence-corrected chi connectivity index (χ3v) is 4.95. The molecular weight excluding hydrogens is 348 g/mol. The summed E-state index contributed by atoms with van der Waals surface area (Å²) in [6, 6.07) is 21.4. The first kappa shape index (κ1) is 18.0. The zero-order valence-corrected chi connectivity index (χ0v) is 15.8. The molecule has 4 aromatic rings. The van der Waals surface area contributed by atoms with E-state index in [4.69, 9.17) is 9.83 Å². The zero-order valence-electron chi connectivity index (χ0n) is 15.8. The predicted molar refractivity (Wildman–Crippen MR) is 113 cm³/mol. The van der Waals surface area contributed by atoms with E-state index in [1.54, 1.807) is 6.07 Å². The van der Waals surface area contributed by atoms with Crippen molar-refractivity contribution in [3.8, 4) is 0 Å². The number of hydrogen-bond donors (Lipinski definition) is 2. The number of carbonyl (C=O) groups is 1. The van der Waals surface area contributed by atoms with Gasteiger partial charge in [-0.15, -0.1) is 0 Å². The Balaban J connectivity index is 1.66. The standard InChI is InChI=1S/C24H22N2O2/c1-2-3-6-16-9-12-18(13-10-16)26-24(27)21-15-20-19-8-5-4-7-17(19)11-14-22(20)28-23(21)25/h4-5,7-15,25H,2-3,6H2,1H3,(H,26,27). The van der Waals surface area contributed by atoms with E-state index in [1.807, 2.05) is 60.7 Å². The van der Waals surface area contributed by atoms with Crippen molar-refractivity contribution in [2.75, 3.05) is 5.32 Å². The number of nitrogens with one attached hydrogen (secondary N) is 2. The largest absolute Gasteiger partial charge is 0.438 e. The maximum atomic E-state index is 12.8. The van der Waals surface area contributed by atoms with Gasteiger partial charge in [0.1, 0.15) is 11.1 Å². The minimum atomic E-state index is -0.343. The van der Waals surface area contributed by atoms with Crippen LogP contribution in [0.3, 0.4) is 0 Å². The van der Waals surface area contributed by atoms with Crippen molar-refractivity contribution >= 4 is 33.3 Å². The van der Waals surface area contributed by atoms with Crippen LogP contribution in [-0.2, 0) is 6.42 Å². The van der Waals surface area contributed by atoms with Gasteiger partial charge in [-0.1, -0.05) is 55.8 Å². The lowest BCUT2D eigenvalue weighted by Gasteiger charge is -2.08. The van der Waals surface area contributed by atoms with Gasteiger partial charge in [0.05, 0.1) is 0 Å². The highest BCUT2D eigenvalue weighted by Gasteiger charge is 2.13. The Morgan fingerprint density at radius 1 is 1.00 bits per heavy atom. The molecule has 0 radical (unpaired) electrons. The van der Waals surface area contributed by atoms with E-state index in [1.165, 1.54) is 5.56 Å². The van der Waals surface area contributed by atoms with Crippen molar-refractivity contribution in [3.63, 3.8) is 0 Å². The smallest absolute Gasteiger partial charge is 0.261 e. The van der Waals surface area contributed by atoms with Crippen molar-refractivity contribution < 1.29 is 9.21 Å². The quantitative estimate of drug-likeness (QED) is 0.445. The van der Waals surface area contributed by atoms with E-state index in [2.05, 4.69) is 12.2 Å². The molecule has 140 valence electrons. The average Bonchev–Trinajstić information content (AvgIpc) is 2.72.